The fraction of sp³-hybridized carbons (Fsp3) is 0.263. The number of anilines is 1. The minimum Gasteiger partial charge on any atom is -0.494 e. The molecule has 13 heteroatoms. The molecule has 0 aromatic heterocycles. The fourth-order valence-electron chi connectivity index (χ4n) is 2.38. The van der Waals surface area contributed by atoms with Crippen LogP contribution in [0.4, 0.5) is 11.4 Å². The molecule has 0 saturated heterocycles. The van der Waals surface area contributed by atoms with Gasteiger partial charge in [0.15, 0.2) is 6.61 Å². The first-order valence-electron chi connectivity index (χ1n) is 9.24. The summed E-state index contributed by atoms with van der Waals surface area (Å²) in [6.07, 6.45) is -0.304. The predicted octanol–water partition coefficient (Wildman–Crippen LogP) is 2.50. The number of rotatable bonds is 11. The van der Waals surface area contributed by atoms with Gasteiger partial charge in [-0.25, -0.2) is 13.1 Å². The van der Waals surface area contributed by atoms with Crippen LogP contribution in [0.1, 0.15) is 13.3 Å². The lowest BCUT2D eigenvalue weighted by molar-refractivity contribution is -0.384. The van der Waals surface area contributed by atoms with Gasteiger partial charge in [0.2, 0.25) is 10.0 Å². The second kappa shape index (κ2) is 11.4. The third-order valence-corrected chi connectivity index (χ3v) is 5.66. The van der Waals surface area contributed by atoms with Crippen molar-refractivity contribution in [2.45, 2.75) is 18.2 Å². The molecule has 172 valence electrons. The SMILES string of the molecule is CCOc1ccc(S(=O)(=O)NCCC(=O)OCC(=O)Nc2ccc([N+](=O)[O-])cc2Cl)cc1. The molecule has 0 fully saturated rings. The number of carbonyl (C=O) groups excluding carboxylic acids is 2. The number of carbonyl (C=O) groups is 2. The van der Waals surface area contributed by atoms with Crippen molar-refractivity contribution in [2.75, 3.05) is 25.1 Å². The summed E-state index contributed by atoms with van der Waals surface area (Å²) in [6, 6.07) is 9.25. The van der Waals surface area contributed by atoms with Crippen LogP contribution in [0.5, 0.6) is 5.75 Å². The van der Waals surface area contributed by atoms with Crippen LogP contribution in [0.15, 0.2) is 47.4 Å². The van der Waals surface area contributed by atoms with E-state index in [2.05, 4.69) is 10.0 Å². The van der Waals surface area contributed by atoms with Crippen LogP contribution in [0.25, 0.3) is 0 Å². The summed E-state index contributed by atoms with van der Waals surface area (Å²) in [4.78, 5) is 33.7. The van der Waals surface area contributed by atoms with Gasteiger partial charge in [-0.1, -0.05) is 11.6 Å². The predicted molar refractivity (Wildman–Crippen MR) is 115 cm³/mol. The van der Waals surface area contributed by atoms with E-state index in [4.69, 9.17) is 21.1 Å². The Balaban J connectivity index is 1.77. The van der Waals surface area contributed by atoms with Gasteiger partial charge >= 0.3 is 5.97 Å². The molecule has 2 aromatic carbocycles. The van der Waals surface area contributed by atoms with Crippen molar-refractivity contribution in [3.05, 3.63) is 57.6 Å². The molecule has 11 nitrogen and oxygen atoms in total. The first-order valence-corrected chi connectivity index (χ1v) is 11.1. The van der Waals surface area contributed by atoms with E-state index in [-0.39, 0.29) is 34.3 Å². The van der Waals surface area contributed by atoms with Crippen molar-refractivity contribution in [2.24, 2.45) is 0 Å². The lowest BCUT2D eigenvalue weighted by Crippen LogP contribution is -2.28. The highest BCUT2D eigenvalue weighted by molar-refractivity contribution is 7.89. The highest BCUT2D eigenvalue weighted by atomic mass is 35.5. The Morgan fingerprint density at radius 1 is 1.16 bits per heavy atom. The molecule has 0 spiro atoms. The number of nitro groups is 1. The molecular formula is C19H20ClN3O8S. The normalized spacial score (nSPS) is 10.9. The van der Waals surface area contributed by atoms with Gasteiger partial charge in [-0.2, -0.15) is 0 Å². The summed E-state index contributed by atoms with van der Waals surface area (Å²) in [7, 11) is -3.83. The number of halogens is 1. The van der Waals surface area contributed by atoms with Crippen molar-refractivity contribution in [3.63, 3.8) is 0 Å². The minimum atomic E-state index is -3.83. The highest BCUT2D eigenvalue weighted by Gasteiger charge is 2.16. The van der Waals surface area contributed by atoms with E-state index in [1.54, 1.807) is 6.92 Å². The molecule has 0 aliphatic carbocycles. The van der Waals surface area contributed by atoms with Gasteiger partial charge < -0.3 is 14.8 Å². The fourth-order valence-corrected chi connectivity index (χ4v) is 3.63. The van der Waals surface area contributed by atoms with Gasteiger partial charge in [0.05, 0.1) is 33.6 Å². The van der Waals surface area contributed by atoms with Crippen LogP contribution in [0, 0.1) is 10.1 Å². The lowest BCUT2D eigenvalue weighted by atomic mass is 10.3. The van der Waals surface area contributed by atoms with Crippen LogP contribution in [0.3, 0.4) is 0 Å². The second-order valence-corrected chi connectivity index (χ2v) is 8.36. The number of sulfonamides is 1. The smallest absolute Gasteiger partial charge is 0.307 e. The molecule has 0 atom stereocenters. The summed E-state index contributed by atoms with van der Waals surface area (Å²) in [6.45, 7) is 1.38. The molecule has 2 aromatic rings. The van der Waals surface area contributed by atoms with Crippen LogP contribution < -0.4 is 14.8 Å². The quantitative estimate of drug-likeness (QED) is 0.279. The number of hydrogen-bond acceptors (Lipinski definition) is 8. The minimum absolute atomic E-state index is 0.00803. The molecule has 0 aliphatic rings. The zero-order valence-corrected chi connectivity index (χ0v) is 18.4. The molecule has 0 saturated carbocycles. The zero-order chi connectivity index (χ0) is 23.7. The number of nitro benzene ring substituents is 1. The molecule has 2 N–H and O–H groups in total. The first kappa shape index (κ1) is 25.0. The number of nitrogens with one attached hydrogen (secondary N) is 2. The molecule has 0 aliphatic heterocycles. The Morgan fingerprint density at radius 2 is 1.84 bits per heavy atom. The summed E-state index contributed by atoms with van der Waals surface area (Å²) in [5.41, 5.74) is -0.131. The summed E-state index contributed by atoms with van der Waals surface area (Å²) < 4.78 is 36.8. The van der Waals surface area contributed by atoms with Crippen LogP contribution in [-0.4, -0.2) is 45.0 Å². The topological polar surface area (TPSA) is 154 Å². The second-order valence-electron chi connectivity index (χ2n) is 6.18. The van der Waals surface area contributed by atoms with Gasteiger partial charge in [0.25, 0.3) is 11.6 Å². The number of amides is 1. The van der Waals surface area contributed by atoms with E-state index >= 15 is 0 Å². The lowest BCUT2D eigenvalue weighted by Gasteiger charge is -2.09. The number of benzene rings is 2. The third-order valence-electron chi connectivity index (χ3n) is 3.87. The van der Waals surface area contributed by atoms with Crippen LogP contribution >= 0.6 is 11.6 Å². The van der Waals surface area contributed by atoms with Crippen LogP contribution in [-0.2, 0) is 24.3 Å². The maximum atomic E-state index is 12.2. The highest BCUT2D eigenvalue weighted by Crippen LogP contribution is 2.26. The standard InChI is InChI=1S/C19H20ClN3O8S/c1-2-30-14-4-6-15(7-5-14)32(28,29)21-10-9-19(25)31-12-18(24)22-17-8-3-13(23(26)27)11-16(17)20/h3-8,11,21H,2,9-10,12H2,1H3,(H,22,24). The molecular weight excluding hydrogens is 466 g/mol. The van der Waals surface area contributed by atoms with Gasteiger partial charge in [-0.05, 0) is 37.3 Å². The van der Waals surface area contributed by atoms with E-state index in [9.17, 15) is 28.1 Å². The Bertz CT molecular complexity index is 1090. The maximum absolute atomic E-state index is 12.2. The summed E-state index contributed by atoms with van der Waals surface area (Å²) >= 11 is 5.87. The largest absolute Gasteiger partial charge is 0.494 e. The van der Waals surface area contributed by atoms with E-state index in [0.717, 1.165) is 12.1 Å². The number of non-ortho nitro benzene ring substituents is 1. The molecule has 0 radical (unpaired) electrons. The van der Waals surface area contributed by atoms with Gasteiger partial charge in [-0.15, -0.1) is 0 Å². The van der Waals surface area contributed by atoms with E-state index in [1.165, 1.54) is 30.3 Å². The van der Waals surface area contributed by atoms with Crippen LogP contribution in [0.2, 0.25) is 5.02 Å². The maximum Gasteiger partial charge on any atom is 0.307 e. The van der Waals surface area contributed by atoms with Crippen molar-refractivity contribution < 1.29 is 32.4 Å². The van der Waals surface area contributed by atoms with Gasteiger partial charge in [0, 0.05) is 18.7 Å². The molecule has 0 bridgehead atoms. The van der Waals surface area contributed by atoms with Crippen molar-refractivity contribution in [1.82, 2.24) is 4.72 Å². The molecule has 2 rings (SSSR count). The Morgan fingerprint density at radius 3 is 2.44 bits per heavy atom. The number of hydrogen-bond donors (Lipinski definition) is 2. The van der Waals surface area contributed by atoms with Gasteiger partial charge in [-0.3, -0.25) is 19.7 Å². The zero-order valence-electron chi connectivity index (χ0n) is 16.9. The summed E-state index contributed by atoms with van der Waals surface area (Å²) in [5, 5.41) is 13.0. The first-order chi connectivity index (χ1) is 15.1. The van der Waals surface area contributed by atoms with E-state index < -0.39 is 33.4 Å². The third kappa shape index (κ3) is 7.48. The Kier molecular flexibility index (Phi) is 8.93. The average molecular weight is 486 g/mol. The van der Waals surface area contributed by atoms with Crippen molar-refractivity contribution in [3.8, 4) is 5.75 Å². The number of esters is 1. The van der Waals surface area contributed by atoms with Crippen molar-refractivity contribution >= 4 is 44.9 Å². The molecule has 1 amide bonds. The van der Waals surface area contributed by atoms with Gasteiger partial charge in [0.1, 0.15) is 5.75 Å². The molecule has 0 unspecified atom stereocenters. The molecule has 0 heterocycles. The molecule has 32 heavy (non-hydrogen) atoms. The monoisotopic (exact) mass is 485 g/mol. The number of ether oxygens (including phenoxy) is 2. The van der Waals surface area contributed by atoms with Crippen molar-refractivity contribution in [1.29, 1.82) is 0 Å². The Labute approximate surface area is 188 Å². The summed E-state index contributed by atoms with van der Waals surface area (Å²) in [5.74, 6) is -0.989. The van der Waals surface area contributed by atoms with E-state index in [1.807, 2.05) is 0 Å². The average Bonchev–Trinajstić information content (AvgIpc) is 2.74. The number of nitrogens with zero attached hydrogens (tertiary/aromatic N) is 1. The Hall–Kier alpha value is -3.22. The van der Waals surface area contributed by atoms with E-state index in [0.29, 0.717) is 12.4 Å².